The van der Waals surface area contributed by atoms with Crippen molar-refractivity contribution in [1.29, 1.82) is 0 Å². The standard InChI is InChI=1S/C17H16N4O3/c1-23-15-10-12(6-7-18-15)21-9-8-20(11-16(21)22)17-19-13-4-2-3-5-14(13)24-17/h2-7,10H,8-9,11H2,1H3. The molecule has 1 aliphatic heterocycles. The van der Waals surface area contributed by atoms with Crippen molar-refractivity contribution in [1.82, 2.24) is 9.97 Å². The van der Waals surface area contributed by atoms with Crippen LogP contribution in [0, 0.1) is 0 Å². The lowest BCUT2D eigenvalue weighted by Gasteiger charge is -2.33. The molecule has 1 saturated heterocycles. The lowest BCUT2D eigenvalue weighted by Crippen LogP contribution is -2.50. The molecule has 3 heterocycles. The van der Waals surface area contributed by atoms with Crippen molar-refractivity contribution < 1.29 is 13.9 Å². The third kappa shape index (κ3) is 2.54. The average molecular weight is 324 g/mol. The number of carbonyl (C=O) groups is 1. The summed E-state index contributed by atoms with van der Waals surface area (Å²) in [5.74, 6) is 0.471. The van der Waals surface area contributed by atoms with E-state index >= 15 is 0 Å². The van der Waals surface area contributed by atoms with E-state index in [0.717, 1.165) is 16.8 Å². The van der Waals surface area contributed by atoms with Gasteiger partial charge in [0.1, 0.15) is 12.1 Å². The first-order valence-electron chi connectivity index (χ1n) is 7.65. The van der Waals surface area contributed by atoms with E-state index in [4.69, 9.17) is 9.15 Å². The van der Waals surface area contributed by atoms with E-state index < -0.39 is 0 Å². The summed E-state index contributed by atoms with van der Waals surface area (Å²) in [4.78, 5) is 24.7. The fourth-order valence-corrected chi connectivity index (χ4v) is 2.78. The number of hydrogen-bond donors (Lipinski definition) is 0. The molecule has 1 aromatic carbocycles. The molecule has 24 heavy (non-hydrogen) atoms. The summed E-state index contributed by atoms with van der Waals surface area (Å²) in [6.45, 7) is 1.41. The van der Waals surface area contributed by atoms with Gasteiger partial charge in [0.2, 0.25) is 11.8 Å². The maximum absolute atomic E-state index is 12.5. The highest BCUT2D eigenvalue weighted by molar-refractivity contribution is 5.97. The van der Waals surface area contributed by atoms with E-state index in [-0.39, 0.29) is 12.5 Å². The number of ether oxygens (including phenoxy) is 1. The minimum Gasteiger partial charge on any atom is -0.481 e. The molecule has 0 unspecified atom stereocenters. The van der Waals surface area contributed by atoms with Crippen LogP contribution in [0.3, 0.4) is 0 Å². The Hall–Kier alpha value is -3.09. The van der Waals surface area contributed by atoms with E-state index in [0.29, 0.717) is 25.0 Å². The molecule has 1 fully saturated rings. The molecule has 0 aliphatic carbocycles. The average Bonchev–Trinajstić information content (AvgIpc) is 3.06. The van der Waals surface area contributed by atoms with Gasteiger partial charge in [-0.15, -0.1) is 0 Å². The predicted molar refractivity (Wildman–Crippen MR) is 89.4 cm³/mol. The first-order valence-corrected chi connectivity index (χ1v) is 7.65. The normalized spacial score (nSPS) is 15.1. The van der Waals surface area contributed by atoms with Gasteiger partial charge in [0.15, 0.2) is 5.58 Å². The third-order valence-electron chi connectivity index (χ3n) is 4.01. The van der Waals surface area contributed by atoms with Gasteiger partial charge in [0.05, 0.1) is 12.8 Å². The molecule has 2 aromatic heterocycles. The lowest BCUT2D eigenvalue weighted by molar-refractivity contribution is -0.118. The molecule has 0 spiro atoms. The van der Waals surface area contributed by atoms with Gasteiger partial charge in [0.25, 0.3) is 6.01 Å². The summed E-state index contributed by atoms with van der Waals surface area (Å²) in [7, 11) is 1.55. The zero-order valence-electron chi connectivity index (χ0n) is 13.2. The number of rotatable bonds is 3. The van der Waals surface area contributed by atoms with Gasteiger partial charge in [-0.3, -0.25) is 4.79 Å². The highest BCUT2D eigenvalue weighted by Gasteiger charge is 2.28. The van der Waals surface area contributed by atoms with Crippen LogP contribution in [-0.2, 0) is 4.79 Å². The first-order chi connectivity index (χ1) is 11.7. The number of piperazine rings is 1. The summed E-state index contributed by atoms with van der Waals surface area (Å²) < 4.78 is 10.9. The molecule has 3 aromatic rings. The molecule has 1 amide bonds. The Kier molecular flexibility index (Phi) is 3.53. The molecule has 4 rings (SSSR count). The number of benzene rings is 1. The molecule has 7 heteroatoms. The molecule has 0 radical (unpaired) electrons. The van der Waals surface area contributed by atoms with Crippen molar-refractivity contribution in [3.05, 3.63) is 42.6 Å². The number of methoxy groups -OCH3 is 1. The summed E-state index contributed by atoms with van der Waals surface area (Å²) in [6, 6.07) is 11.6. The van der Waals surface area contributed by atoms with Crippen molar-refractivity contribution in [2.24, 2.45) is 0 Å². The van der Waals surface area contributed by atoms with Crippen LogP contribution in [0.15, 0.2) is 47.0 Å². The van der Waals surface area contributed by atoms with Crippen molar-refractivity contribution >= 4 is 28.7 Å². The van der Waals surface area contributed by atoms with Crippen LogP contribution in [0.4, 0.5) is 11.7 Å². The van der Waals surface area contributed by atoms with Crippen LogP contribution >= 0.6 is 0 Å². The number of fused-ring (bicyclic) bond motifs is 1. The Bertz CT molecular complexity index is 859. The second-order valence-corrected chi connectivity index (χ2v) is 5.49. The van der Waals surface area contributed by atoms with Gasteiger partial charge < -0.3 is 19.0 Å². The monoisotopic (exact) mass is 324 g/mol. The maximum atomic E-state index is 12.5. The summed E-state index contributed by atoms with van der Waals surface area (Å²) in [5.41, 5.74) is 2.30. The largest absolute Gasteiger partial charge is 0.481 e. The van der Waals surface area contributed by atoms with E-state index in [9.17, 15) is 4.79 Å². The van der Waals surface area contributed by atoms with Crippen LogP contribution in [0.5, 0.6) is 5.88 Å². The van der Waals surface area contributed by atoms with Crippen LogP contribution in [0.25, 0.3) is 11.1 Å². The third-order valence-corrected chi connectivity index (χ3v) is 4.01. The number of pyridine rings is 1. The van der Waals surface area contributed by atoms with Crippen LogP contribution in [0.1, 0.15) is 0 Å². The second kappa shape index (κ2) is 5.84. The minimum absolute atomic E-state index is 0.0169. The van der Waals surface area contributed by atoms with Gasteiger partial charge in [0, 0.05) is 25.4 Å². The number of oxazole rings is 1. The predicted octanol–water partition coefficient (Wildman–Crippen LogP) is 2.08. The molecule has 0 saturated carbocycles. The smallest absolute Gasteiger partial charge is 0.298 e. The van der Waals surface area contributed by atoms with Gasteiger partial charge in [-0.25, -0.2) is 4.98 Å². The molecule has 122 valence electrons. The number of nitrogens with zero attached hydrogens (tertiary/aromatic N) is 4. The summed E-state index contributed by atoms with van der Waals surface area (Å²) >= 11 is 0. The Morgan fingerprint density at radius 3 is 2.88 bits per heavy atom. The highest BCUT2D eigenvalue weighted by Crippen LogP contribution is 2.25. The quantitative estimate of drug-likeness (QED) is 0.734. The molecular weight excluding hydrogens is 308 g/mol. The molecular formula is C17H16N4O3. The molecule has 0 N–H and O–H groups in total. The summed E-state index contributed by atoms with van der Waals surface area (Å²) in [5, 5.41) is 0. The zero-order chi connectivity index (χ0) is 16.5. The number of amides is 1. The second-order valence-electron chi connectivity index (χ2n) is 5.49. The Morgan fingerprint density at radius 1 is 1.21 bits per heavy atom. The van der Waals surface area contributed by atoms with Gasteiger partial charge >= 0.3 is 0 Å². The van der Waals surface area contributed by atoms with E-state index in [1.807, 2.05) is 29.2 Å². The van der Waals surface area contributed by atoms with Crippen molar-refractivity contribution in [2.75, 3.05) is 36.5 Å². The Balaban J connectivity index is 1.54. The van der Waals surface area contributed by atoms with Crippen LogP contribution in [0.2, 0.25) is 0 Å². The molecule has 1 aliphatic rings. The molecule has 7 nitrogen and oxygen atoms in total. The number of para-hydroxylation sites is 2. The lowest BCUT2D eigenvalue weighted by atomic mass is 10.2. The van der Waals surface area contributed by atoms with Gasteiger partial charge in [-0.1, -0.05) is 12.1 Å². The Labute approximate surface area is 138 Å². The fraction of sp³-hybridized carbons (Fsp3) is 0.235. The van der Waals surface area contributed by atoms with Gasteiger partial charge in [-0.2, -0.15) is 4.98 Å². The topological polar surface area (TPSA) is 71.7 Å². The number of carbonyl (C=O) groups excluding carboxylic acids is 1. The van der Waals surface area contributed by atoms with Crippen molar-refractivity contribution in [2.45, 2.75) is 0 Å². The zero-order valence-corrected chi connectivity index (χ0v) is 13.2. The summed E-state index contributed by atoms with van der Waals surface area (Å²) in [6.07, 6.45) is 1.63. The SMILES string of the molecule is COc1cc(N2CCN(c3nc4ccccc4o3)CC2=O)ccn1. The number of hydrogen-bond acceptors (Lipinski definition) is 6. The Morgan fingerprint density at radius 2 is 2.08 bits per heavy atom. The van der Waals surface area contributed by atoms with Crippen molar-refractivity contribution in [3.8, 4) is 5.88 Å². The van der Waals surface area contributed by atoms with Gasteiger partial charge in [-0.05, 0) is 18.2 Å². The fourth-order valence-electron chi connectivity index (χ4n) is 2.78. The first kappa shape index (κ1) is 14.5. The number of anilines is 2. The van der Waals surface area contributed by atoms with Crippen molar-refractivity contribution in [3.63, 3.8) is 0 Å². The highest BCUT2D eigenvalue weighted by atomic mass is 16.5. The molecule has 0 bridgehead atoms. The molecule has 0 atom stereocenters. The van der Waals surface area contributed by atoms with E-state index in [1.165, 1.54) is 0 Å². The van der Waals surface area contributed by atoms with Crippen LogP contribution < -0.4 is 14.5 Å². The van der Waals surface area contributed by atoms with E-state index in [2.05, 4.69) is 9.97 Å². The maximum Gasteiger partial charge on any atom is 0.298 e. The van der Waals surface area contributed by atoms with E-state index in [1.54, 1.807) is 30.3 Å². The number of aromatic nitrogens is 2. The van der Waals surface area contributed by atoms with Crippen LogP contribution in [-0.4, -0.2) is 42.6 Å². The minimum atomic E-state index is -0.0169.